The zero-order valence-electron chi connectivity index (χ0n) is 11.3. The highest BCUT2D eigenvalue weighted by Crippen LogP contribution is 2.29. The minimum Gasteiger partial charge on any atom is -0.504 e. The molecule has 1 aliphatic rings. The summed E-state index contributed by atoms with van der Waals surface area (Å²) in [5, 5.41) is 15.7. The number of carbonyl (C=O) groups excluding carboxylic acids is 1. The lowest BCUT2D eigenvalue weighted by atomic mass is 10.0. The number of amides is 1. The Kier molecular flexibility index (Phi) is 4.27. The minimum atomic E-state index is -0.149. The molecule has 1 aliphatic heterocycles. The monoisotopic (exact) mass is 264 g/mol. The fourth-order valence-corrected chi connectivity index (χ4v) is 2.29. The molecule has 1 fully saturated rings. The number of benzene rings is 1. The van der Waals surface area contributed by atoms with Crippen molar-refractivity contribution in [2.24, 2.45) is 0 Å². The lowest BCUT2D eigenvalue weighted by Crippen LogP contribution is -2.48. The fourth-order valence-electron chi connectivity index (χ4n) is 2.29. The summed E-state index contributed by atoms with van der Waals surface area (Å²) in [6, 6.07) is 5.09. The van der Waals surface area contributed by atoms with E-state index in [1.165, 1.54) is 7.11 Å². The van der Waals surface area contributed by atoms with Gasteiger partial charge in [-0.3, -0.25) is 10.1 Å². The van der Waals surface area contributed by atoms with Gasteiger partial charge in [-0.2, -0.15) is 0 Å². The standard InChI is InChI=1S/C14H20N2O3/c1-9(16-11-4-3-7-15-14(11)18)10-5-6-12(17)13(8-10)19-2/h5-6,8-9,11,16-17H,3-4,7H2,1-2H3,(H,15,18). The number of phenolic OH excluding ortho intramolecular Hbond substituents is 1. The number of rotatable bonds is 4. The number of aromatic hydroxyl groups is 1. The number of nitrogens with one attached hydrogen (secondary N) is 2. The van der Waals surface area contributed by atoms with E-state index < -0.39 is 0 Å². The van der Waals surface area contributed by atoms with Crippen LogP contribution in [0.15, 0.2) is 18.2 Å². The predicted molar refractivity (Wildman–Crippen MR) is 72.2 cm³/mol. The van der Waals surface area contributed by atoms with Crippen LogP contribution in [-0.4, -0.2) is 30.7 Å². The van der Waals surface area contributed by atoms with E-state index in [9.17, 15) is 9.90 Å². The van der Waals surface area contributed by atoms with Crippen molar-refractivity contribution in [1.29, 1.82) is 0 Å². The average Bonchev–Trinajstić information content (AvgIpc) is 2.42. The van der Waals surface area contributed by atoms with Crippen LogP contribution >= 0.6 is 0 Å². The molecule has 1 saturated heterocycles. The molecule has 1 amide bonds. The molecular formula is C14H20N2O3. The summed E-state index contributed by atoms with van der Waals surface area (Å²) in [4.78, 5) is 11.7. The van der Waals surface area contributed by atoms with Gasteiger partial charge >= 0.3 is 0 Å². The van der Waals surface area contributed by atoms with Crippen molar-refractivity contribution in [2.45, 2.75) is 31.8 Å². The number of hydrogen-bond donors (Lipinski definition) is 3. The fraction of sp³-hybridized carbons (Fsp3) is 0.500. The molecule has 1 aromatic rings. The molecule has 0 spiro atoms. The number of methoxy groups -OCH3 is 1. The highest BCUT2D eigenvalue weighted by molar-refractivity contribution is 5.82. The molecule has 5 heteroatoms. The second-order valence-electron chi connectivity index (χ2n) is 4.81. The Morgan fingerprint density at radius 1 is 1.53 bits per heavy atom. The van der Waals surface area contributed by atoms with Crippen molar-refractivity contribution in [3.8, 4) is 11.5 Å². The van der Waals surface area contributed by atoms with Gasteiger partial charge < -0.3 is 15.2 Å². The van der Waals surface area contributed by atoms with E-state index in [2.05, 4.69) is 10.6 Å². The molecule has 3 N–H and O–H groups in total. The minimum absolute atomic E-state index is 0.0170. The van der Waals surface area contributed by atoms with Gasteiger partial charge in [-0.05, 0) is 37.5 Å². The summed E-state index contributed by atoms with van der Waals surface area (Å²) < 4.78 is 5.09. The van der Waals surface area contributed by atoms with E-state index in [-0.39, 0.29) is 23.7 Å². The molecule has 104 valence electrons. The Bertz CT molecular complexity index is 462. The molecule has 2 atom stereocenters. The first-order valence-electron chi connectivity index (χ1n) is 6.52. The molecule has 2 unspecified atom stereocenters. The summed E-state index contributed by atoms with van der Waals surface area (Å²) in [6.07, 6.45) is 1.85. The van der Waals surface area contributed by atoms with E-state index in [4.69, 9.17) is 4.74 Å². The summed E-state index contributed by atoms with van der Waals surface area (Å²) in [7, 11) is 1.52. The molecule has 0 aromatic heterocycles. The topological polar surface area (TPSA) is 70.6 Å². The Morgan fingerprint density at radius 3 is 3.00 bits per heavy atom. The van der Waals surface area contributed by atoms with Gasteiger partial charge in [0, 0.05) is 12.6 Å². The van der Waals surface area contributed by atoms with Crippen LogP contribution in [0.2, 0.25) is 0 Å². The van der Waals surface area contributed by atoms with Crippen LogP contribution < -0.4 is 15.4 Å². The summed E-state index contributed by atoms with van der Waals surface area (Å²) in [5.74, 6) is 0.622. The molecule has 0 saturated carbocycles. The van der Waals surface area contributed by atoms with Crippen molar-refractivity contribution in [3.05, 3.63) is 23.8 Å². The van der Waals surface area contributed by atoms with Gasteiger partial charge in [-0.1, -0.05) is 6.07 Å². The lowest BCUT2D eigenvalue weighted by Gasteiger charge is -2.26. The predicted octanol–water partition coefficient (Wildman–Crippen LogP) is 1.33. The van der Waals surface area contributed by atoms with Crippen LogP contribution in [0.4, 0.5) is 0 Å². The third-order valence-corrected chi connectivity index (χ3v) is 3.44. The lowest BCUT2D eigenvalue weighted by molar-refractivity contribution is -0.124. The molecule has 5 nitrogen and oxygen atoms in total. The smallest absolute Gasteiger partial charge is 0.237 e. The number of carbonyl (C=O) groups is 1. The molecular weight excluding hydrogens is 244 g/mol. The van der Waals surface area contributed by atoms with Crippen LogP contribution in [0.1, 0.15) is 31.4 Å². The van der Waals surface area contributed by atoms with Gasteiger partial charge in [0.2, 0.25) is 5.91 Å². The van der Waals surface area contributed by atoms with Crippen LogP contribution in [0.5, 0.6) is 11.5 Å². The second kappa shape index (κ2) is 5.93. The number of hydrogen-bond acceptors (Lipinski definition) is 4. The van der Waals surface area contributed by atoms with Crippen LogP contribution in [0, 0.1) is 0 Å². The van der Waals surface area contributed by atoms with Gasteiger partial charge in [0.1, 0.15) is 0 Å². The van der Waals surface area contributed by atoms with E-state index in [0.717, 1.165) is 24.9 Å². The zero-order chi connectivity index (χ0) is 13.8. The van der Waals surface area contributed by atoms with Crippen molar-refractivity contribution in [3.63, 3.8) is 0 Å². The molecule has 0 radical (unpaired) electrons. The summed E-state index contributed by atoms with van der Waals surface area (Å²) >= 11 is 0. The Labute approximate surface area is 113 Å². The van der Waals surface area contributed by atoms with Crippen molar-refractivity contribution in [1.82, 2.24) is 10.6 Å². The van der Waals surface area contributed by atoms with Crippen molar-refractivity contribution < 1.29 is 14.6 Å². The van der Waals surface area contributed by atoms with Crippen molar-refractivity contribution >= 4 is 5.91 Å². The van der Waals surface area contributed by atoms with Crippen LogP contribution in [-0.2, 0) is 4.79 Å². The quantitative estimate of drug-likeness (QED) is 0.767. The third kappa shape index (κ3) is 3.17. The Balaban J connectivity index is 2.06. The van der Waals surface area contributed by atoms with E-state index in [1.807, 2.05) is 13.0 Å². The molecule has 1 heterocycles. The maximum atomic E-state index is 11.7. The number of phenols is 1. The highest BCUT2D eigenvalue weighted by atomic mass is 16.5. The van der Waals surface area contributed by atoms with Gasteiger partial charge in [0.05, 0.1) is 13.2 Å². The summed E-state index contributed by atoms with van der Waals surface area (Å²) in [5.41, 5.74) is 0.980. The molecule has 2 rings (SSSR count). The largest absolute Gasteiger partial charge is 0.504 e. The number of ether oxygens (including phenoxy) is 1. The van der Waals surface area contributed by atoms with E-state index in [1.54, 1.807) is 12.1 Å². The zero-order valence-corrected chi connectivity index (χ0v) is 11.3. The van der Waals surface area contributed by atoms with Crippen molar-refractivity contribution in [2.75, 3.05) is 13.7 Å². The maximum absolute atomic E-state index is 11.7. The SMILES string of the molecule is COc1cc(C(C)NC2CCCNC2=O)ccc1O. The maximum Gasteiger partial charge on any atom is 0.237 e. The summed E-state index contributed by atoms with van der Waals surface area (Å²) in [6.45, 7) is 2.76. The first-order chi connectivity index (χ1) is 9.11. The van der Waals surface area contributed by atoms with Crippen LogP contribution in [0.25, 0.3) is 0 Å². The Hall–Kier alpha value is -1.75. The second-order valence-corrected chi connectivity index (χ2v) is 4.81. The van der Waals surface area contributed by atoms with Gasteiger partial charge in [0.25, 0.3) is 0 Å². The first-order valence-corrected chi connectivity index (χ1v) is 6.52. The first kappa shape index (κ1) is 13.7. The van der Waals surface area contributed by atoms with E-state index >= 15 is 0 Å². The molecule has 0 bridgehead atoms. The van der Waals surface area contributed by atoms with Gasteiger partial charge in [-0.15, -0.1) is 0 Å². The van der Waals surface area contributed by atoms with Gasteiger partial charge in [-0.25, -0.2) is 0 Å². The highest BCUT2D eigenvalue weighted by Gasteiger charge is 2.23. The number of piperidine rings is 1. The molecule has 0 aliphatic carbocycles. The van der Waals surface area contributed by atoms with E-state index in [0.29, 0.717) is 5.75 Å². The Morgan fingerprint density at radius 2 is 2.32 bits per heavy atom. The van der Waals surface area contributed by atoms with Gasteiger partial charge in [0.15, 0.2) is 11.5 Å². The average molecular weight is 264 g/mol. The normalized spacial score (nSPS) is 20.7. The molecule has 19 heavy (non-hydrogen) atoms. The van der Waals surface area contributed by atoms with Crippen LogP contribution in [0.3, 0.4) is 0 Å². The molecule has 1 aromatic carbocycles. The third-order valence-electron chi connectivity index (χ3n) is 3.44.